The normalized spacial score (nSPS) is 17.0. The zero-order chi connectivity index (χ0) is 16.2. The smallest absolute Gasteiger partial charge is 0.243 e. The number of anilines is 1. The van der Waals surface area contributed by atoms with Crippen LogP contribution in [0.1, 0.15) is 37.2 Å². The summed E-state index contributed by atoms with van der Waals surface area (Å²) in [5.74, 6) is 2.30. The minimum atomic E-state index is 0.114. The van der Waals surface area contributed by atoms with Gasteiger partial charge in [0, 0.05) is 38.8 Å². The Kier molecular flexibility index (Phi) is 4.53. The van der Waals surface area contributed by atoms with E-state index in [0.29, 0.717) is 11.5 Å². The van der Waals surface area contributed by atoms with Crippen LogP contribution in [0.3, 0.4) is 0 Å². The van der Waals surface area contributed by atoms with Gasteiger partial charge in [-0.1, -0.05) is 12.1 Å². The number of hydrogen-bond acceptors (Lipinski definition) is 7. The third-order valence-electron chi connectivity index (χ3n) is 4.22. The van der Waals surface area contributed by atoms with Crippen LogP contribution in [0.25, 0.3) is 0 Å². The van der Waals surface area contributed by atoms with E-state index in [4.69, 9.17) is 9.78 Å². The maximum absolute atomic E-state index is 9.00. The van der Waals surface area contributed by atoms with Gasteiger partial charge in [0.2, 0.25) is 5.89 Å². The van der Waals surface area contributed by atoms with Gasteiger partial charge in [0.15, 0.2) is 5.82 Å². The van der Waals surface area contributed by atoms with E-state index in [2.05, 4.69) is 37.9 Å². The molecular weight excluding hydrogens is 292 g/mol. The summed E-state index contributed by atoms with van der Waals surface area (Å²) in [5.41, 5.74) is 0.642. The fraction of sp³-hybridized carbons (Fsp3) is 0.500. The van der Waals surface area contributed by atoms with Crippen molar-refractivity contribution in [2.45, 2.75) is 26.3 Å². The summed E-state index contributed by atoms with van der Waals surface area (Å²) in [6.45, 7) is 7.62. The van der Waals surface area contributed by atoms with Crippen LogP contribution in [-0.2, 0) is 6.42 Å². The number of aryl methyl sites for hydroxylation is 1. The molecule has 1 aliphatic rings. The van der Waals surface area contributed by atoms with Crippen molar-refractivity contribution in [3.05, 3.63) is 35.6 Å². The second kappa shape index (κ2) is 6.75. The largest absolute Gasteiger partial charge is 0.354 e. The van der Waals surface area contributed by atoms with Crippen LogP contribution >= 0.6 is 0 Å². The molecule has 0 aromatic carbocycles. The van der Waals surface area contributed by atoms with Gasteiger partial charge in [0.1, 0.15) is 5.82 Å². The minimum absolute atomic E-state index is 0.114. The first kappa shape index (κ1) is 15.4. The molecule has 0 amide bonds. The highest BCUT2D eigenvalue weighted by atomic mass is 16.5. The molecule has 2 aromatic heterocycles. The Hall–Kier alpha value is -2.46. The van der Waals surface area contributed by atoms with E-state index in [-0.39, 0.29) is 6.04 Å². The molecule has 2 aromatic rings. The lowest BCUT2D eigenvalue weighted by Crippen LogP contribution is -2.47. The van der Waals surface area contributed by atoms with E-state index in [0.717, 1.165) is 44.2 Å². The molecule has 0 bridgehead atoms. The molecule has 7 nitrogen and oxygen atoms in total. The first-order chi connectivity index (χ1) is 11.2. The molecule has 3 heterocycles. The van der Waals surface area contributed by atoms with Gasteiger partial charge >= 0.3 is 0 Å². The van der Waals surface area contributed by atoms with Gasteiger partial charge in [-0.3, -0.25) is 4.90 Å². The van der Waals surface area contributed by atoms with Crippen LogP contribution in [0.2, 0.25) is 0 Å². The number of rotatable bonds is 4. The standard InChI is InChI=1S/C16H20N6O/c1-3-14-19-16(23-20-14)12(2)21-6-8-22(9-7-21)15-10-13(11-17)4-5-18-15/h4-5,10,12H,3,6-9H2,1-2H3. The van der Waals surface area contributed by atoms with E-state index in [9.17, 15) is 0 Å². The Labute approximate surface area is 135 Å². The Morgan fingerprint density at radius 1 is 1.35 bits per heavy atom. The molecule has 1 atom stereocenters. The zero-order valence-corrected chi connectivity index (χ0v) is 13.4. The summed E-state index contributed by atoms with van der Waals surface area (Å²) in [5, 5.41) is 13.0. The molecule has 1 unspecified atom stereocenters. The summed E-state index contributed by atoms with van der Waals surface area (Å²) in [6, 6.07) is 5.84. The Bertz CT molecular complexity index is 699. The predicted molar refractivity (Wildman–Crippen MR) is 84.8 cm³/mol. The van der Waals surface area contributed by atoms with Crippen LogP contribution in [0.5, 0.6) is 0 Å². The van der Waals surface area contributed by atoms with E-state index in [1.165, 1.54) is 0 Å². The van der Waals surface area contributed by atoms with Gasteiger partial charge in [-0.25, -0.2) is 4.98 Å². The molecule has 0 aliphatic carbocycles. The predicted octanol–water partition coefficient (Wildman–Crippen LogP) is 1.78. The minimum Gasteiger partial charge on any atom is -0.354 e. The lowest BCUT2D eigenvalue weighted by molar-refractivity contribution is 0.164. The van der Waals surface area contributed by atoms with Crippen molar-refractivity contribution in [1.82, 2.24) is 20.0 Å². The van der Waals surface area contributed by atoms with Gasteiger partial charge in [0.25, 0.3) is 0 Å². The number of nitriles is 1. The third kappa shape index (κ3) is 3.32. The second-order valence-electron chi connectivity index (χ2n) is 5.62. The summed E-state index contributed by atoms with van der Waals surface area (Å²) in [6.07, 6.45) is 2.47. The van der Waals surface area contributed by atoms with Gasteiger partial charge in [-0.15, -0.1) is 0 Å². The van der Waals surface area contributed by atoms with Crippen LogP contribution in [0, 0.1) is 11.3 Å². The van der Waals surface area contributed by atoms with Crippen molar-refractivity contribution in [3.8, 4) is 6.07 Å². The number of aromatic nitrogens is 3. The molecule has 3 rings (SSSR count). The number of pyridine rings is 1. The molecule has 1 aliphatic heterocycles. The third-order valence-corrected chi connectivity index (χ3v) is 4.22. The van der Waals surface area contributed by atoms with Crippen LogP contribution in [0.15, 0.2) is 22.9 Å². The average Bonchev–Trinajstić information content (AvgIpc) is 3.10. The highest BCUT2D eigenvalue weighted by Gasteiger charge is 2.26. The number of hydrogen-bond donors (Lipinski definition) is 0. The van der Waals surface area contributed by atoms with E-state index >= 15 is 0 Å². The topological polar surface area (TPSA) is 82.1 Å². The molecule has 120 valence electrons. The highest BCUT2D eigenvalue weighted by molar-refractivity contribution is 5.45. The van der Waals surface area contributed by atoms with E-state index in [1.54, 1.807) is 12.3 Å². The molecule has 7 heteroatoms. The van der Waals surface area contributed by atoms with Crippen LogP contribution < -0.4 is 4.90 Å². The SMILES string of the molecule is CCc1noc(C(C)N2CCN(c3cc(C#N)ccn3)CC2)n1. The van der Waals surface area contributed by atoms with Crippen molar-refractivity contribution in [1.29, 1.82) is 5.26 Å². The van der Waals surface area contributed by atoms with Crippen molar-refractivity contribution < 1.29 is 4.52 Å². The number of nitrogens with zero attached hydrogens (tertiary/aromatic N) is 6. The van der Waals surface area contributed by atoms with Gasteiger partial charge in [-0.05, 0) is 19.1 Å². The Morgan fingerprint density at radius 2 is 2.13 bits per heavy atom. The second-order valence-corrected chi connectivity index (χ2v) is 5.62. The lowest BCUT2D eigenvalue weighted by atomic mass is 10.2. The molecule has 0 spiro atoms. The van der Waals surface area contributed by atoms with Crippen molar-refractivity contribution in [3.63, 3.8) is 0 Å². The summed E-state index contributed by atoms with van der Waals surface area (Å²) < 4.78 is 5.35. The Morgan fingerprint density at radius 3 is 2.78 bits per heavy atom. The maximum Gasteiger partial charge on any atom is 0.243 e. The summed E-state index contributed by atoms with van der Waals surface area (Å²) in [7, 11) is 0. The highest BCUT2D eigenvalue weighted by Crippen LogP contribution is 2.22. The van der Waals surface area contributed by atoms with Crippen molar-refractivity contribution in [2.75, 3.05) is 31.1 Å². The molecule has 0 N–H and O–H groups in total. The fourth-order valence-electron chi connectivity index (χ4n) is 2.74. The first-order valence-electron chi connectivity index (χ1n) is 7.89. The van der Waals surface area contributed by atoms with Gasteiger partial charge in [0.05, 0.1) is 17.7 Å². The molecule has 1 fully saturated rings. The number of piperazine rings is 1. The first-order valence-corrected chi connectivity index (χ1v) is 7.89. The van der Waals surface area contributed by atoms with E-state index < -0.39 is 0 Å². The molecular formula is C16H20N6O. The van der Waals surface area contributed by atoms with Crippen LogP contribution in [0.4, 0.5) is 5.82 Å². The molecule has 1 saturated heterocycles. The summed E-state index contributed by atoms with van der Waals surface area (Å²) in [4.78, 5) is 13.3. The zero-order valence-electron chi connectivity index (χ0n) is 13.4. The molecule has 23 heavy (non-hydrogen) atoms. The lowest BCUT2D eigenvalue weighted by Gasteiger charge is -2.37. The average molecular weight is 312 g/mol. The molecule has 0 saturated carbocycles. The van der Waals surface area contributed by atoms with E-state index in [1.807, 2.05) is 13.0 Å². The summed E-state index contributed by atoms with van der Waals surface area (Å²) >= 11 is 0. The van der Waals surface area contributed by atoms with Gasteiger partial charge < -0.3 is 9.42 Å². The van der Waals surface area contributed by atoms with Gasteiger partial charge in [-0.2, -0.15) is 10.2 Å². The molecule has 0 radical (unpaired) electrons. The maximum atomic E-state index is 9.00. The van der Waals surface area contributed by atoms with Crippen molar-refractivity contribution >= 4 is 5.82 Å². The monoisotopic (exact) mass is 312 g/mol. The fourth-order valence-corrected chi connectivity index (χ4v) is 2.74. The Balaban J connectivity index is 1.62. The quantitative estimate of drug-likeness (QED) is 0.851. The van der Waals surface area contributed by atoms with Crippen molar-refractivity contribution in [2.24, 2.45) is 0 Å². The van der Waals surface area contributed by atoms with Crippen LogP contribution in [-0.4, -0.2) is 46.2 Å².